The average Bonchev–Trinajstić information content (AvgIpc) is 3.22. The molecular formula is C16H20N4O3. The highest BCUT2D eigenvalue weighted by Crippen LogP contribution is 2.24. The Labute approximate surface area is 134 Å². The van der Waals surface area contributed by atoms with Gasteiger partial charge in [-0.2, -0.15) is 0 Å². The normalized spacial score (nSPS) is 15.2. The highest BCUT2D eigenvalue weighted by molar-refractivity contribution is 5.96. The highest BCUT2D eigenvalue weighted by Gasteiger charge is 2.24. The minimum Gasteiger partial charge on any atom is -0.394 e. The summed E-state index contributed by atoms with van der Waals surface area (Å²) in [5.74, 6) is -0.101. The first-order chi connectivity index (χ1) is 11.2. The van der Waals surface area contributed by atoms with E-state index < -0.39 is 6.10 Å². The van der Waals surface area contributed by atoms with E-state index in [0.29, 0.717) is 17.3 Å². The fourth-order valence-electron chi connectivity index (χ4n) is 2.23. The van der Waals surface area contributed by atoms with E-state index >= 15 is 0 Å². The lowest BCUT2D eigenvalue weighted by molar-refractivity contribution is 0.0951. The van der Waals surface area contributed by atoms with Crippen LogP contribution in [0.2, 0.25) is 0 Å². The van der Waals surface area contributed by atoms with Crippen LogP contribution < -0.4 is 10.6 Å². The molecule has 1 fully saturated rings. The van der Waals surface area contributed by atoms with Crippen molar-refractivity contribution in [3.63, 3.8) is 0 Å². The fourth-order valence-corrected chi connectivity index (χ4v) is 2.23. The average molecular weight is 316 g/mol. The Morgan fingerprint density at radius 1 is 1.43 bits per heavy atom. The molecule has 1 aromatic heterocycles. The first kappa shape index (κ1) is 15.5. The van der Waals surface area contributed by atoms with Crippen molar-refractivity contribution in [3.05, 3.63) is 42.5 Å². The Morgan fingerprint density at radius 2 is 2.26 bits per heavy atom. The Balaban J connectivity index is 1.84. The van der Waals surface area contributed by atoms with Crippen LogP contribution >= 0.6 is 0 Å². The Kier molecular flexibility index (Phi) is 4.59. The summed E-state index contributed by atoms with van der Waals surface area (Å²) in [6.07, 6.45) is 6.33. The van der Waals surface area contributed by atoms with E-state index in [1.807, 2.05) is 10.6 Å². The molecule has 0 spiro atoms. The zero-order chi connectivity index (χ0) is 16.2. The van der Waals surface area contributed by atoms with E-state index in [9.17, 15) is 9.90 Å². The van der Waals surface area contributed by atoms with Crippen molar-refractivity contribution in [2.24, 2.45) is 0 Å². The molecule has 1 aliphatic carbocycles. The summed E-state index contributed by atoms with van der Waals surface area (Å²) in [7, 11) is 0. The van der Waals surface area contributed by atoms with Gasteiger partial charge in [0.2, 0.25) is 0 Å². The number of amides is 1. The predicted octanol–water partition coefficient (Wildman–Crippen LogP) is 0.530. The summed E-state index contributed by atoms with van der Waals surface area (Å²) >= 11 is 0. The number of imidazole rings is 1. The molecule has 4 N–H and O–H groups in total. The lowest BCUT2D eigenvalue weighted by Gasteiger charge is -2.16. The lowest BCUT2D eigenvalue weighted by Crippen LogP contribution is -2.26. The van der Waals surface area contributed by atoms with Crippen LogP contribution in [-0.2, 0) is 0 Å². The molecule has 0 radical (unpaired) electrons. The standard InChI is InChI=1S/C16H20N4O3/c21-9-13(22)8-18-14-7-11(16(23)19-12-2-3-12)1-4-15(14)20-6-5-17-10-20/h1,4-7,10,12-13,18,21-22H,2-3,8-9H2,(H,19,23). The number of aliphatic hydroxyl groups excluding tert-OH is 2. The van der Waals surface area contributed by atoms with Gasteiger partial charge >= 0.3 is 0 Å². The van der Waals surface area contributed by atoms with E-state index in [1.165, 1.54) is 0 Å². The molecule has 1 saturated carbocycles. The minimum atomic E-state index is -0.866. The van der Waals surface area contributed by atoms with Crippen LogP contribution in [-0.4, -0.2) is 51.0 Å². The molecule has 0 aliphatic heterocycles. The number of benzene rings is 1. The van der Waals surface area contributed by atoms with Gasteiger partial charge in [0.1, 0.15) is 0 Å². The second-order valence-electron chi connectivity index (χ2n) is 5.67. The summed E-state index contributed by atoms with van der Waals surface area (Å²) in [5, 5.41) is 24.5. The summed E-state index contributed by atoms with van der Waals surface area (Å²) in [6, 6.07) is 5.64. The van der Waals surface area contributed by atoms with Gasteiger partial charge < -0.3 is 25.4 Å². The van der Waals surface area contributed by atoms with Gasteiger partial charge in [0.25, 0.3) is 5.91 Å². The molecule has 2 aromatic rings. The number of anilines is 1. The van der Waals surface area contributed by atoms with E-state index in [0.717, 1.165) is 18.5 Å². The molecule has 1 heterocycles. The maximum atomic E-state index is 12.2. The molecule has 1 aromatic carbocycles. The van der Waals surface area contributed by atoms with Crippen LogP contribution in [0, 0.1) is 0 Å². The zero-order valence-electron chi connectivity index (χ0n) is 12.6. The molecule has 1 amide bonds. The molecule has 0 saturated heterocycles. The van der Waals surface area contributed by atoms with Gasteiger partial charge in [-0.1, -0.05) is 0 Å². The van der Waals surface area contributed by atoms with Gasteiger partial charge in [0.15, 0.2) is 0 Å². The van der Waals surface area contributed by atoms with Crippen molar-refractivity contribution in [2.75, 3.05) is 18.5 Å². The first-order valence-electron chi connectivity index (χ1n) is 7.63. The van der Waals surface area contributed by atoms with E-state index in [4.69, 9.17) is 5.11 Å². The first-order valence-corrected chi connectivity index (χ1v) is 7.63. The van der Waals surface area contributed by atoms with Gasteiger partial charge in [0.05, 0.1) is 30.4 Å². The minimum absolute atomic E-state index is 0.101. The molecule has 23 heavy (non-hydrogen) atoms. The molecule has 3 rings (SSSR count). The van der Waals surface area contributed by atoms with Crippen molar-refractivity contribution >= 4 is 11.6 Å². The maximum Gasteiger partial charge on any atom is 0.251 e. The number of hydrogen-bond acceptors (Lipinski definition) is 5. The Hall–Kier alpha value is -2.38. The molecule has 1 aliphatic rings. The lowest BCUT2D eigenvalue weighted by atomic mass is 10.1. The topological polar surface area (TPSA) is 99.4 Å². The van der Waals surface area contributed by atoms with Crippen molar-refractivity contribution in [2.45, 2.75) is 25.0 Å². The molecule has 1 unspecified atom stereocenters. The van der Waals surface area contributed by atoms with E-state index in [1.54, 1.807) is 30.9 Å². The van der Waals surface area contributed by atoms with Gasteiger partial charge in [-0.25, -0.2) is 4.98 Å². The summed E-state index contributed by atoms with van der Waals surface area (Å²) in [4.78, 5) is 16.2. The third kappa shape index (κ3) is 3.88. The SMILES string of the molecule is O=C(NC1CC1)c1ccc(-n2ccnc2)c(NCC(O)CO)c1. The number of rotatable bonds is 7. The van der Waals surface area contributed by atoms with Crippen LogP contribution in [0.15, 0.2) is 36.9 Å². The summed E-state index contributed by atoms with van der Waals surface area (Å²) in [5.41, 5.74) is 2.07. The van der Waals surface area contributed by atoms with Crippen molar-refractivity contribution in [1.82, 2.24) is 14.9 Å². The molecular weight excluding hydrogens is 296 g/mol. The monoisotopic (exact) mass is 316 g/mol. The third-order valence-electron chi connectivity index (χ3n) is 3.69. The number of aromatic nitrogens is 2. The number of aliphatic hydroxyl groups is 2. The number of nitrogens with zero attached hydrogens (tertiary/aromatic N) is 2. The fraction of sp³-hybridized carbons (Fsp3) is 0.375. The van der Waals surface area contributed by atoms with Gasteiger partial charge in [-0.05, 0) is 31.0 Å². The van der Waals surface area contributed by atoms with Crippen molar-refractivity contribution in [3.8, 4) is 5.69 Å². The molecule has 1 atom stereocenters. The summed E-state index contributed by atoms with van der Waals surface area (Å²) < 4.78 is 1.82. The second-order valence-corrected chi connectivity index (χ2v) is 5.67. The number of carbonyl (C=O) groups excluding carboxylic acids is 1. The molecule has 7 heteroatoms. The van der Waals surface area contributed by atoms with Crippen LogP contribution in [0.5, 0.6) is 0 Å². The van der Waals surface area contributed by atoms with Crippen LogP contribution in [0.3, 0.4) is 0 Å². The number of hydrogen-bond donors (Lipinski definition) is 4. The van der Waals surface area contributed by atoms with Crippen molar-refractivity contribution < 1.29 is 15.0 Å². The van der Waals surface area contributed by atoms with E-state index in [-0.39, 0.29) is 19.1 Å². The quantitative estimate of drug-likeness (QED) is 0.597. The maximum absolute atomic E-state index is 12.2. The molecule has 122 valence electrons. The van der Waals surface area contributed by atoms with Crippen LogP contribution in [0.4, 0.5) is 5.69 Å². The summed E-state index contributed by atoms with van der Waals surface area (Å²) in [6.45, 7) is -0.138. The smallest absolute Gasteiger partial charge is 0.251 e. The van der Waals surface area contributed by atoms with Gasteiger partial charge in [0, 0.05) is 30.5 Å². The van der Waals surface area contributed by atoms with Crippen LogP contribution in [0.25, 0.3) is 5.69 Å². The molecule has 7 nitrogen and oxygen atoms in total. The Bertz CT molecular complexity index is 668. The number of carbonyl (C=O) groups is 1. The van der Waals surface area contributed by atoms with Gasteiger partial charge in [-0.15, -0.1) is 0 Å². The second kappa shape index (κ2) is 6.80. The third-order valence-corrected chi connectivity index (χ3v) is 3.69. The van der Waals surface area contributed by atoms with E-state index in [2.05, 4.69) is 15.6 Å². The largest absolute Gasteiger partial charge is 0.394 e. The predicted molar refractivity (Wildman–Crippen MR) is 85.6 cm³/mol. The zero-order valence-corrected chi connectivity index (χ0v) is 12.6. The Morgan fingerprint density at radius 3 is 2.91 bits per heavy atom. The molecule has 0 bridgehead atoms. The highest BCUT2D eigenvalue weighted by atomic mass is 16.3. The number of nitrogens with one attached hydrogen (secondary N) is 2. The van der Waals surface area contributed by atoms with Crippen LogP contribution in [0.1, 0.15) is 23.2 Å². The van der Waals surface area contributed by atoms with Gasteiger partial charge in [-0.3, -0.25) is 4.79 Å². The van der Waals surface area contributed by atoms with Crippen molar-refractivity contribution in [1.29, 1.82) is 0 Å².